The zero-order valence-electron chi connectivity index (χ0n) is 17.4. The molecule has 0 radical (unpaired) electrons. The van der Waals surface area contributed by atoms with Crippen molar-refractivity contribution in [1.29, 1.82) is 0 Å². The molecule has 0 fully saturated rings. The molecule has 0 unspecified atom stereocenters. The van der Waals surface area contributed by atoms with Crippen LogP contribution in [-0.2, 0) is 18.3 Å². The number of rotatable bonds is 7. The minimum absolute atomic E-state index is 0.166. The van der Waals surface area contributed by atoms with Crippen LogP contribution in [0.25, 0.3) is 11.0 Å². The third-order valence-corrected chi connectivity index (χ3v) is 5.27. The zero-order valence-corrected chi connectivity index (χ0v) is 17.4. The second-order valence-corrected chi connectivity index (χ2v) is 7.42. The van der Waals surface area contributed by atoms with Crippen molar-refractivity contribution in [3.8, 4) is 0 Å². The van der Waals surface area contributed by atoms with E-state index in [1.54, 1.807) is 19.1 Å². The van der Waals surface area contributed by atoms with E-state index in [-0.39, 0.29) is 17.7 Å². The monoisotopic (exact) mass is 416 g/mol. The minimum Gasteiger partial charge on any atom is -0.459 e. The van der Waals surface area contributed by atoms with Crippen molar-refractivity contribution in [3.63, 3.8) is 0 Å². The van der Waals surface area contributed by atoms with Crippen LogP contribution >= 0.6 is 0 Å². The van der Waals surface area contributed by atoms with Gasteiger partial charge < -0.3 is 19.6 Å². The summed E-state index contributed by atoms with van der Waals surface area (Å²) in [5.41, 5.74) is 2.92. The second kappa shape index (κ2) is 8.87. The summed E-state index contributed by atoms with van der Waals surface area (Å²) in [4.78, 5) is 29.9. The van der Waals surface area contributed by atoms with Crippen LogP contribution in [0.3, 0.4) is 0 Å². The van der Waals surface area contributed by atoms with Crippen molar-refractivity contribution in [2.24, 2.45) is 7.05 Å². The first-order chi connectivity index (χ1) is 15.0. The smallest absolute Gasteiger partial charge is 0.287 e. The van der Waals surface area contributed by atoms with Crippen molar-refractivity contribution in [2.45, 2.75) is 25.4 Å². The maximum atomic E-state index is 12.9. The topological polar surface area (TPSA) is 89.2 Å². The number of nitrogens with one attached hydrogen (secondary N) is 2. The Kier molecular flexibility index (Phi) is 5.84. The van der Waals surface area contributed by atoms with E-state index in [1.165, 1.54) is 6.26 Å². The Bertz CT molecular complexity index is 1180. The van der Waals surface area contributed by atoms with Crippen molar-refractivity contribution < 1.29 is 14.0 Å². The van der Waals surface area contributed by atoms with Crippen molar-refractivity contribution in [2.75, 3.05) is 0 Å². The molecule has 2 aromatic carbocycles. The van der Waals surface area contributed by atoms with E-state index in [0.717, 1.165) is 22.4 Å². The van der Waals surface area contributed by atoms with Crippen LogP contribution in [0.5, 0.6) is 0 Å². The number of hydrogen-bond donors (Lipinski definition) is 2. The van der Waals surface area contributed by atoms with Crippen molar-refractivity contribution in [3.05, 3.63) is 90.1 Å². The van der Waals surface area contributed by atoms with Gasteiger partial charge in [-0.15, -0.1) is 0 Å². The predicted molar refractivity (Wildman–Crippen MR) is 117 cm³/mol. The molecule has 0 saturated carbocycles. The van der Waals surface area contributed by atoms with Gasteiger partial charge in [-0.1, -0.05) is 42.5 Å². The molecule has 7 heteroatoms. The molecule has 2 aromatic heterocycles. The van der Waals surface area contributed by atoms with Gasteiger partial charge in [0.1, 0.15) is 11.9 Å². The summed E-state index contributed by atoms with van der Waals surface area (Å²) in [6.07, 6.45) is 1.93. The maximum absolute atomic E-state index is 12.9. The number of fused-ring (bicyclic) bond motifs is 1. The normalized spacial score (nSPS) is 13.0. The molecule has 2 heterocycles. The lowest BCUT2D eigenvalue weighted by molar-refractivity contribution is -0.123. The Hall–Kier alpha value is -3.87. The number of furan rings is 1. The first-order valence-corrected chi connectivity index (χ1v) is 10.1. The van der Waals surface area contributed by atoms with E-state index in [1.807, 2.05) is 66.2 Å². The standard InChI is InChI=1S/C24H24N4O3/c1-16(25-24(30)21-13-8-14-31-21)23(29)27-19(17-9-4-3-5-10-17)15-22-26-18-11-6-7-12-20(18)28(22)2/h3-14,16,19H,15H2,1-2H3,(H,25,30)(H,27,29)/t16-,19+/m0/s1. The Morgan fingerprint density at radius 1 is 1.00 bits per heavy atom. The molecule has 7 nitrogen and oxygen atoms in total. The summed E-state index contributed by atoms with van der Waals surface area (Å²) in [5.74, 6) is 0.313. The van der Waals surface area contributed by atoms with E-state index >= 15 is 0 Å². The van der Waals surface area contributed by atoms with E-state index in [0.29, 0.717) is 6.42 Å². The van der Waals surface area contributed by atoms with Crippen LogP contribution in [0.1, 0.15) is 34.9 Å². The fraction of sp³-hybridized carbons (Fsp3) is 0.208. The molecule has 0 aliphatic heterocycles. The molecular weight excluding hydrogens is 392 g/mol. The van der Waals surface area contributed by atoms with E-state index in [9.17, 15) is 9.59 Å². The lowest BCUT2D eigenvalue weighted by Crippen LogP contribution is -2.46. The number of aryl methyl sites for hydroxylation is 1. The highest BCUT2D eigenvalue weighted by molar-refractivity contribution is 5.95. The number of hydrogen-bond acceptors (Lipinski definition) is 4. The molecule has 0 aliphatic rings. The third-order valence-electron chi connectivity index (χ3n) is 5.27. The van der Waals surface area contributed by atoms with Gasteiger partial charge in [-0.05, 0) is 36.8 Å². The van der Waals surface area contributed by atoms with Gasteiger partial charge in [0.2, 0.25) is 5.91 Å². The van der Waals surface area contributed by atoms with Gasteiger partial charge in [0, 0.05) is 13.5 Å². The van der Waals surface area contributed by atoms with Gasteiger partial charge in [-0.2, -0.15) is 0 Å². The van der Waals surface area contributed by atoms with Crippen LogP contribution in [0.2, 0.25) is 0 Å². The summed E-state index contributed by atoms with van der Waals surface area (Å²) in [6.45, 7) is 1.65. The number of carbonyl (C=O) groups excluding carboxylic acids is 2. The molecule has 0 spiro atoms. The lowest BCUT2D eigenvalue weighted by atomic mass is 10.0. The number of carbonyl (C=O) groups is 2. The predicted octanol–water partition coefficient (Wildman–Crippen LogP) is 3.38. The second-order valence-electron chi connectivity index (χ2n) is 7.42. The summed E-state index contributed by atoms with van der Waals surface area (Å²) in [6, 6.07) is 19.8. The molecule has 0 saturated heterocycles. The van der Waals surface area contributed by atoms with Crippen LogP contribution in [0, 0.1) is 0 Å². The number of para-hydroxylation sites is 2. The third kappa shape index (κ3) is 4.50. The maximum Gasteiger partial charge on any atom is 0.287 e. The number of nitrogens with zero attached hydrogens (tertiary/aromatic N) is 2. The number of aromatic nitrogens is 2. The molecule has 2 N–H and O–H groups in total. The van der Waals surface area contributed by atoms with E-state index < -0.39 is 11.9 Å². The summed E-state index contributed by atoms with van der Waals surface area (Å²) < 4.78 is 7.13. The van der Waals surface area contributed by atoms with Crippen molar-refractivity contribution in [1.82, 2.24) is 20.2 Å². The first-order valence-electron chi connectivity index (χ1n) is 10.1. The Balaban J connectivity index is 1.53. The highest BCUT2D eigenvalue weighted by Gasteiger charge is 2.23. The van der Waals surface area contributed by atoms with E-state index in [4.69, 9.17) is 9.40 Å². The molecule has 31 heavy (non-hydrogen) atoms. The summed E-state index contributed by atoms with van der Waals surface area (Å²) in [7, 11) is 1.97. The SMILES string of the molecule is C[C@H](NC(=O)c1ccco1)C(=O)N[C@H](Cc1nc2ccccc2n1C)c1ccccc1. The lowest BCUT2D eigenvalue weighted by Gasteiger charge is -2.22. The van der Waals surface area contributed by atoms with E-state index in [2.05, 4.69) is 10.6 Å². The van der Waals surface area contributed by atoms with Gasteiger partial charge in [-0.25, -0.2) is 4.98 Å². The van der Waals surface area contributed by atoms with Crippen LogP contribution < -0.4 is 10.6 Å². The minimum atomic E-state index is -0.732. The van der Waals surface area contributed by atoms with Crippen LogP contribution in [-0.4, -0.2) is 27.4 Å². The average molecular weight is 416 g/mol. The summed E-state index contributed by atoms with van der Waals surface area (Å²) >= 11 is 0. The fourth-order valence-corrected chi connectivity index (χ4v) is 3.54. The van der Waals surface area contributed by atoms with Gasteiger partial charge in [-0.3, -0.25) is 9.59 Å². The Labute approximate surface area is 180 Å². The van der Waals surface area contributed by atoms with Crippen molar-refractivity contribution >= 4 is 22.8 Å². The fourth-order valence-electron chi connectivity index (χ4n) is 3.54. The summed E-state index contributed by atoms with van der Waals surface area (Å²) in [5, 5.41) is 5.74. The largest absolute Gasteiger partial charge is 0.459 e. The molecular formula is C24H24N4O3. The molecule has 0 aliphatic carbocycles. The highest BCUT2D eigenvalue weighted by Crippen LogP contribution is 2.21. The average Bonchev–Trinajstić information content (AvgIpc) is 3.43. The molecule has 2 amide bonds. The molecule has 4 aromatic rings. The zero-order chi connectivity index (χ0) is 21.8. The Morgan fingerprint density at radius 3 is 2.45 bits per heavy atom. The molecule has 0 bridgehead atoms. The number of amides is 2. The van der Waals surface area contributed by atoms with Gasteiger partial charge in [0.25, 0.3) is 5.91 Å². The van der Waals surface area contributed by atoms with Gasteiger partial charge >= 0.3 is 0 Å². The molecule has 2 atom stereocenters. The quantitative estimate of drug-likeness (QED) is 0.483. The molecule has 4 rings (SSSR count). The van der Waals surface area contributed by atoms with Gasteiger partial charge in [0.15, 0.2) is 5.76 Å². The Morgan fingerprint density at radius 2 is 1.74 bits per heavy atom. The first kappa shape index (κ1) is 20.4. The highest BCUT2D eigenvalue weighted by atomic mass is 16.3. The molecule has 158 valence electrons. The number of benzene rings is 2. The van der Waals surface area contributed by atoms with Crippen LogP contribution in [0.4, 0.5) is 0 Å². The van der Waals surface area contributed by atoms with Crippen LogP contribution in [0.15, 0.2) is 77.4 Å². The number of imidazole rings is 1. The van der Waals surface area contributed by atoms with Gasteiger partial charge in [0.05, 0.1) is 23.3 Å².